The van der Waals surface area contributed by atoms with E-state index < -0.39 is 0 Å². The van der Waals surface area contributed by atoms with Gasteiger partial charge in [-0.1, -0.05) is 6.07 Å². The lowest BCUT2D eigenvalue weighted by molar-refractivity contribution is 0.779. The number of aromatic nitrogens is 2. The third-order valence-electron chi connectivity index (χ3n) is 2.78. The Bertz CT molecular complexity index is 572. The van der Waals surface area contributed by atoms with Gasteiger partial charge in [0.25, 0.3) is 0 Å². The van der Waals surface area contributed by atoms with Crippen LogP contribution in [0.5, 0.6) is 0 Å². The molecule has 0 unspecified atom stereocenters. The maximum Gasteiger partial charge on any atom is 0.201 e. The van der Waals surface area contributed by atoms with E-state index in [4.69, 9.17) is 11.0 Å². The Morgan fingerprint density at radius 3 is 2.93 bits per heavy atom. The van der Waals surface area contributed by atoms with Gasteiger partial charge in [0, 0.05) is 6.04 Å². The first-order chi connectivity index (χ1) is 7.31. The van der Waals surface area contributed by atoms with Crippen LogP contribution in [-0.4, -0.2) is 9.55 Å². The monoisotopic (exact) mass is 198 g/mol. The van der Waals surface area contributed by atoms with Gasteiger partial charge in [-0.2, -0.15) is 5.26 Å². The zero-order valence-electron chi connectivity index (χ0n) is 8.14. The Kier molecular flexibility index (Phi) is 1.51. The number of nitrogens with zero attached hydrogens (tertiary/aromatic N) is 3. The summed E-state index contributed by atoms with van der Waals surface area (Å²) in [6, 6.07) is 8.24. The SMILES string of the molecule is N#Cc1cccc2c1nc(N)n2C1CC1. The predicted octanol–water partition coefficient (Wildman–Crippen LogP) is 1.83. The fourth-order valence-corrected chi connectivity index (χ4v) is 1.94. The summed E-state index contributed by atoms with van der Waals surface area (Å²) < 4.78 is 2.04. The molecule has 0 bridgehead atoms. The first-order valence-corrected chi connectivity index (χ1v) is 4.98. The highest BCUT2D eigenvalue weighted by Gasteiger charge is 2.27. The third kappa shape index (κ3) is 1.10. The topological polar surface area (TPSA) is 67.6 Å². The van der Waals surface area contributed by atoms with E-state index in [0.29, 0.717) is 17.6 Å². The molecule has 15 heavy (non-hydrogen) atoms. The molecule has 0 atom stereocenters. The highest BCUT2D eigenvalue weighted by atomic mass is 15.2. The van der Waals surface area contributed by atoms with Gasteiger partial charge in [-0.3, -0.25) is 0 Å². The maximum atomic E-state index is 8.95. The Morgan fingerprint density at radius 2 is 2.27 bits per heavy atom. The minimum Gasteiger partial charge on any atom is -0.369 e. The van der Waals surface area contributed by atoms with Crippen molar-refractivity contribution in [3.63, 3.8) is 0 Å². The van der Waals surface area contributed by atoms with E-state index in [1.807, 2.05) is 16.7 Å². The van der Waals surface area contributed by atoms with E-state index in [2.05, 4.69) is 11.1 Å². The fraction of sp³-hybridized carbons (Fsp3) is 0.273. The van der Waals surface area contributed by atoms with E-state index >= 15 is 0 Å². The standard InChI is InChI=1S/C11H10N4/c12-6-7-2-1-3-9-10(7)14-11(13)15(9)8-4-5-8/h1-3,8H,4-5H2,(H2,13,14). The van der Waals surface area contributed by atoms with Crippen molar-refractivity contribution in [1.82, 2.24) is 9.55 Å². The number of benzene rings is 1. The molecule has 4 nitrogen and oxygen atoms in total. The lowest BCUT2D eigenvalue weighted by Crippen LogP contribution is -2.00. The van der Waals surface area contributed by atoms with Gasteiger partial charge in [0.15, 0.2) is 0 Å². The second kappa shape index (κ2) is 2.74. The lowest BCUT2D eigenvalue weighted by Gasteiger charge is -2.02. The van der Waals surface area contributed by atoms with Crippen LogP contribution in [0.15, 0.2) is 18.2 Å². The van der Waals surface area contributed by atoms with Crippen LogP contribution in [0.2, 0.25) is 0 Å². The van der Waals surface area contributed by atoms with Crippen LogP contribution in [0.4, 0.5) is 5.95 Å². The molecule has 0 radical (unpaired) electrons. The number of fused-ring (bicyclic) bond motifs is 1. The van der Waals surface area contributed by atoms with Gasteiger partial charge in [0.1, 0.15) is 11.6 Å². The molecule has 2 N–H and O–H groups in total. The average molecular weight is 198 g/mol. The van der Waals surface area contributed by atoms with Crippen molar-refractivity contribution >= 4 is 17.0 Å². The first-order valence-electron chi connectivity index (χ1n) is 4.98. The Hall–Kier alpha value is -2.02. The first kappa shape index (κ1) is 8.30. The van der Waals surface area contributed by atoms with Gasteiger partial charge < -0.3 is 10.3 Å². The molecule has 0 spiro atoms. The van der Waals surface area contributed by atoms with Crippen LogP contribution in [0, 0.1) is 11.3 Å². The highest BCUT2D eigenvalue weighted by molar-refractivity contribution is 5.84. The summed E-state index contributed by atoms with van der Waals surface area (Å²) in [5.41, 5.74) is 8.16. The summed E-state index contributed by atoms with van der Waals surface area (Å²) in [5.74, 6) is 0.523. The Morgan fingerprint density at radius 1 is 1.47 bits per heavy atom. The van der Waals surface area contributed by atoms with Crippen molar-refractivity contribution in [2.75, 3.05) is 5.73 Å². The molecule has 1 fully saturated rings. The molecule has 2 aromatic rings. The average Bonchev–Trinajstić information content (AvgIpc) is 3.00. The van der Waals surface area contributed by atoms with Crippen LogP contribution in [-0.2, 0) is 0 Å². The zero-order valence-corrected chi connectivity index (χ0v) is 8.14. The molecule has 1 aliphatic carbocycles. The molecule has 0 aliphatic heterocycles. The summed E-state index contributed by atoms with van der Waals surface area (Å²) in [7, 11) is 0. The van der Waals surface area contributed by atoms with E-state index in [0.717, 1.165) is 23.9 Å². The lowest BCUT2D eigenvalue weighted by atomic mass is 10.2. The number of para-hydroxylation sites is 1. The molecule has 4 heteroatoms. The number of nitriles is 1. The van der Waals surface area contributed by atoms with Crippen molar-refractivity contribution < 1.29 is 0 Å². The minimum atomic E-state index is 0.490. The number of rotatable bonds is 1. The summed E-state index contributed by atoms with van der Waals surface area (Å²) in [6.07, 6.45) is 2.32. The Labute approximate surface area is 86.9 Å². The van der Waals surface area contributed by atoms with Gasteiger partial charge in [0.05, 0.1) is 11.1 Å². The number of nitrogens with two attached hydrogens (primary N) is 1. The van der Waals surface area contributed by atoms with Crippen molar-refractivity contribution in [2.24, 2.45) is 0 Å². The van der Waals surface area contributed by atoms with E-state index in [1.165, 1.54) is 0 Å². The van der Waals surface area contributed by atoms with Crippen molar-refractivity contribution in [2.45, 2.75) is 18.9 Å². The summed E-state index contributed by atoms with van der Waals surface area (Å²) in [5, 5.41) is 8.95. The Balaban J connectivity index is 2.37. The van der Waals surface area contributed by atoms with Crippen molar-refractivity contribution in [3.8, 4) is 6.07 Å². The zero-order chi connectivity index (χ0) is 10.4. The summed E-state index contributed by atoms with van der Waals surface area (Å²) in [4.78, 5) is 4.26. The third-order valence-corrected chi connectivity index (χ3v) is 2.78. The van der Waals surface area contributed by atoms with Crippen LogP contribution in [0.25, 0.3) is 11.0 Å². The molecule has 3 rings (SSSR count). The second-order valence-electron chi connectivity index (χ2n) is 3.86. The minimum absolute atomic E-state index is 0.490. The quantitative estimate of drug-likeness (QED) is 0.760. The molecule has 1 heterocycles. The van der Waals surface area contributed by atoms with Crippen LogP contribution in [0.1, 0.15) is 24.4 Å². The van der Waals surface area contributed by atoms with E-state index in [9.17, 15) is 0 Å². The van der Waals surface area contributed by atoms with Crippen molar-refractivity contribution in [3.05, 3.63) is 23.8 Å². The van der Waals surface area contributed by atoms with Crippen molar-refractivity contribution in [1.29, 1.82) is 5.26 Å². The van der Waals surface area contributed by atoms with Crippen LogP contribution in [0.3, 0.4) is 0 Å². The molecular weight excluding hydrogens is 188 g/mol. The largest absolute Gasteiger partial charge is 0.369 e. The van der Waals surface area contributed by atoms with Crippen LogP contribution < -0.4 is 5.73 Å². The van der Waals surface area contributed by atoms with Gasteiger partial charge >= 0.3 is 0 Å². The molecule has 0 amide bonds. The smallest absolute Gasteiger partial charge is 0.201 e. The molecular formula is C11H10N4. The second-order valence-corrected chi connectivity index (χ2v) is 3.86. The van der Waals surface area contributed by atoms with Gasteiger partial charge in [-0.05, 0) is 25.0 Å². The van der Waals surface area contributed by atoms with Gasteiger partial charge in [-0.15, -0.1) is 0 Å². The normalized spacial score (nSPS) is 15.4. The van der Waals surface area contributed by atoms with Gasteiger partial charge in [0.2, 0.25) is 5.95 Å². The van der Waals surface area contributed by atoms with Crippen LogP contribution >= 0.6 is 0 Å². The molecule has 0 saturated heterocycles. The molecule has 1 saturated carbocycles. The molecule has 1 aromatic heterocycles. The maximum absolute atomic E-state index is 8.95. The molecule has 1 aliphatic rings. The number of hydrogen-bond acceptors (Lipinski definition) is 3. The molecule has 1 aromatic carbocycles. The predicted molar refractivity (Wildman–Crippen MR) is 57.1 cm³/mol. The highest BCUT2D eigenvalue weighted by Crippen LogP contribution is 2.39. The fourth-order valence-electron chi connectivity index (χ4n) is 1.94. The summed E-state index contributed by atoms with van der Waals surface area (Å²) >= 11 is 0. The number of nitrogen functional groups attached to an aromatic ring is 1. The van der Waals surface area contributed by atoms with E-state index in [-0.39, 0.29) is 0 Å². The number of hydrogen-bond donors (Lipinski definition) is 1. The number of imidazole rings is 1. The molecule has 74 valence electrons. The number of anilines is 1. The summed E-state index contributed by atoms with van der Waals surface area (Å²) in [6.45, 7) is 0. The van der Waals surface area contributed by atoms with Gasteiger partial charge in [-0.25, -0.2) is 4.98 Å². The van der Waals surface area contributed by atoms with E-state index in [1.54, 1.807) is 6.07 Å².